The van der Waals surface area contributed by atoms with Crippen LogP contribution >= 0.6 is 11.5 Å². The normalized spacial score (nSPS) is 10.5. The Morgan fingerprint density at radius 2 is 2.12 bits per heavy atom. The molecular formula is C6H5NS. The van der Waals surface area contributed by atoms with E-state index in [-0.39, 0.29) is 0 Å². The molecule has 0 atom stereocenters. The van der Waals surface area contributed by atoms with Crippen LogP contribution in [0.3, 0.4) is 0 Å². The van der Waals surface area contributed by atoms with Gasteiger partial charge >= 0.3 is 0 Å². The lowest BCUT2D eigenvalue weighted by atomic mass is 10.3. The molecule has 0 fully saturated rings. The van der Waals surface area contributed by atoms with Gasteiger partial charge < -0.3 is 4.37 Å². The molecule has 1 heterocycles. The molecule has 0 aliphatic rings. The molecule has 0 saturated carbocycles. The minimum absolute atomic E-state index is 1.26. The first kappa shape index (κ1) is 4.15. The van der Waals surface area contributed by atoms with E-state index in [4.69, 9.17) is 0 Å². The minimum atomic E-state index is 1.26. The van der Waals surface area contributed by atoms with E-state index in [1.807, 2.05) is 12.1 Å². The third kappa shape index (κ3) is 0.406. The number of hydrogen-bond acceptors (Lipinski definition) is 1. The van der Waals surface area contributed by atoms with Crippen LogP contribution in [0.4, 0.5) is 0 Å². The van der Waals surface area contributed by atoms with E-state index >= 15 is 0 Å². The highest BCUT2D eigenvalue weighted by atomic mass is 32.1. The van der Waals surface area contributed by atoms with E-state index in [1.165, 1.54) is 10.2 Å². The van der Waals surface area contributed by atoms with Crippen molar-refractivity contribution in [3.8, 4) is 0 Å². The number of hydrogen-bond donors (Lipinski definition) is 1. The Labute approximate surface area is 51.1 Å². The summed E-state index contributed by atoms with van der Waals surface area (Å²) in [5.41, 5.74) is 1.26. The summed E-state index contributed by atoms with van der Waals surface area (Å²) in [5.74, 6) is 0. The number of rotatable bonds is 0. The zero-order chi connectivity index (χ0) is 5.40. The van der Waals surface area contributed by atoms with Crippen molar-refractivity contribution in [2.45, 2.75) is 0 Å². The van der Waals surface area contributed by atoms with Crippen molar-refractivity contribution >= 4 is 21.7 Å². The lowest BCUT2D eigenvalue weighted by Crippen LogP contribution is -1.73. The Morgan fingerprint density at radius 1 is 1.25 bits per heavy atom. The molecule has 0 aliphatic carbocycles. The highest BCUT2D eigenvalue weighted by molar-refractivity contribution is 7.15. The lowest BCUT2D eigenvalue weighted by Gasteiger charge is -1.96. The van der Waals surface area contributed by atoms with E-state index in [1.54, 1.807) is 11.5 Å². The van der Waals surface area contributed by atoms with Crippen molar-refractivity contribution in [3.63, 3.8) is 0 Å². The number of fused-ring (bicyclic) bond motifs is 1. The molecule has 2 rings (SSSR count). The van der Waals surface area contributed by atoms with Gasteiger partial charge in [-0.25, -0.2) is 0 Å². The standard InChI is InChI=1S/C6H5NS/c1-2-4-6-5(3-1)7-8-6/h1-4,7H. The zero-order valence-electron chi connectivity index (χ0n) is 4.22. The van der Waals surface area contributed by atoms with Gasteiger partial charge in [-0.2, -0.15) is 0 Å². The summed E-state index contributed by atoms with van der Waals surface area (Å²) in [6.45, 7) is 0. The van der Waals surface area contributed by atoms with Crippen LogP contribution in [0.5, 0.6) is 0 Å². The second kappa shape index (κ2) is 1.36. The van der Waals surface area contributed by atoms with Gasteiger partial charge in [0.05, 0.1) is 10.2 Å². The third-order valence-electron chi connectivity index (χ3n) is 1.16. The molecule has 0 unspecified atom stereocenters. The molecule has 1 aromatic carbocycles. The maximum absolute atomic E-state index is 3.11. The molecule has 1 N–H and O–H groups in total. The van der Waals surface area contributed by atoms with Gasteiger partial charge in [-0.3, -0.25) is 0 Å². The van der Waals surface area contributed by atoms with Crippen LogP contribution in [0.25, 0.3) is 10.2 Å². The highest BCUT2D eigenvalue weighted by Crippen LogP contribution is 2.17. The fourth-order valence-corrected chi connectivity index (χ4v) is 1.32. The Balaban J connectivity index is 2.88. The predicted octanol–water partition coefficient (Wildman–Crippen LogP) is 2.23. The summed E-state index contributed by atoms with van der Waals surface area (Å²) in [6, 6.07) is 8.26. The summed E-state index contributed by atoms with van der Waals surface area (Å²) < 4.78 is 4.46. The number of aromatic nitrogens is 1. The van der Waals surface area contributed by atoms with Gasteiger partial charge in [-0.15, -0.1) is 0 Å². The average molecular weight is 123 g/mol. The molecule has 8 heavy (non-hydrogen) atoms. The minimum Gasteiger partial charge on any atom is -0.309 e. The van der Waals surface area contributed by atoms with Gasteiger partial charge in [0.15, 0.2) is 0 Å². The maximum atomic E-state index is 3.11. The van der Waals surface area contributed by atoms with Gasteiger partial charge in [-0.05, 0) is 12.1 Å². The van der Waals surface area contributed by atoms with E-state index in [0.29, 0.717) is 0 Å². The van der Waals surface area contributed by atoms with Gasteiger partial charge in [0.25, 0.3) is 0 Å². The monoisotopic (exact) mass is 123 g/mol. The van der Waals surface area contributed by atoms with E-state index in [0.717, 1.165) is 0 Å². The smallest absolute Gasteiger partial charge is 0.0683 e. The maximum Gasteiger partial charge on any atom is 0.0683 e. The largest absolute Gasteiger partial charge is 0.309 e. The zero-order valence-corrected chi connectivity index (χ0v) is 5.03. The molecule has 0 saturated heterocycles. The summed E-state index contributed by atoms with van der Waals surface area (Å²) >= 11 is 1.68. The summed E-state index contributed by atoms with van der Waals surface area (Å²) in [6.07, 6.45) is 0. The molecule has 1 aromatic heterocycles. The second-order valence-electron chi connectivity index (χ2n) is 1.70. The van der Waals surface area contributed by atoms with Crippen LogP contribution in [0, 0.1) is 0 Å². The van der Waals surface area contributed by atoms with Crippen molar-refractivity contribution in [3.05, 3.63) is 24.3 Å². The quantitative estimate of drug-likeness (QED) is 0.553. The van der Waals surface area contributed by atoms with E-state index in [9.17, 15) is 0 Å². The second-order valence-corrected chi connectivity index (χ2v) is 2.55. The molecule has 0 spiro atoms. The van der Waals surface area contributed by atoms with Crippen molar-refractivity contribution in [1.29, 1.82) is 0 Å². The molecule has 2 aromatic rings. The molecule has 0 aliphatic heterocycles. The predicted molar refractivity (Wildman–Crippen MR) is 36.2 cm³/mol. The Hall–Kier alpha value is -0.760. The van der Waals surface area contributed by atoms with E-state index < -0.39 is 0 Å². The molecule has 2 heteroatoms. The summed E-state index contributed by atoms with van der Waals surface area (Å²) in [4.78, 5) is 0. The van der Waals surface area contributed by atoms with Crippen molar-refractivity contribution in [2.24, 2.45) is 0 Å². The first-order valence-electron chi connectivity index (χ1n) is 2.49. The van der Waals surface area contributed by atoms with Gasteiger partial charge in [0.2, 0.25) is 0 Å². The molecule has 40 valence electrons. The number of H-pyrrole nitrogens is 1. The van der Waals surface area contributed by atoms with Crippen LogP contribution in [-0.2, 0) is 0 Å². The number of para-hydroxylation sites is 1. The van der Waals surface area contributed by atoms with Gasteiger partial charge in [0, 0.05) is 0 Å². The SMILES string of the molecule is c1ccc2s[nH]c2c1. The number of nitrogens with one attached hydrogen (secondary N) is 1. The Kier molecular flexibility index (Phi) is 0.704. The number of aromatic amines is 1. The molecule has 0 amide bonds. The molecule has 1 nitrogen and oxygen atoms in total. The average Bonchev–Trinajstić information content (AvgIpc) is 1.72. The summed E-state index contributed by atoms with van der Waals surface area (Å²) in [5, 5.41) is 0. The van der Waals surface area contributed by atoms with Gasteiger partial charge in [-0.1, -0.05) is 23.7 Å². The summed E-state index contributed by atoms with van der Waals surface area (Å²) in [7, 11) is 0. The van der Waals surface area contributed by atoms with Crippen molar-refractivity contribution in [2.75, 3.05) is 0 Å². The van der Waals surface area contributed by atoms with Crippen LogP contribution in [-0.4, -0.2) is 4.37 Å². The Morgan fingerprint density at radius 3 is 2.50 bits per heavy atom. The van der Waals surface area contributed by atoms with Crippen molar-refractivity contribution < 1.29 is 0 Å². The topological polar surface area (TPSA) is 15.8 Å². The lowest BCUT2D eigenvalue weighted by molar-refractivity contribution is 1.62. The molecule has 0 radical (unpaired) electrons. The van der Waals surface area contributed by atoms with Crippen LogP contribution in [0.2, 0.25) is 0 Å². The Bertz CT molecular complexity index is 251. The van der Waals surface area contributed by atoms with Crippen LogP contribution in [0.1, 0.15) is 0 Å². The van der Waals surface area contributed by atoms with Crippen molar-refractivity contribution in [1.82, 2.24) is 4.37 Å². The highest BCUT2D eigenvalue weighted by Gasteiger charge is 1.91. The molecule has 0 bridgehead atoms. The van der Waals surface area contributed by atoms with E-state index in [2.05, 4.69) is 16.5 Å². The fraction of sp³-hybridized carbons (Fsp3) is 0. The fourth-order valence-electron chi connectivity index (χ4n) is 0.704. The van der Waals surface area contributed by atoms with Gasteiger partial charge in [0.1, 0.15) is 0 Å². The van der Waals surface area contributed by atoms with Crippen LogP contribution < -0.4 is 0 Å². The van der Waals surface area contributed by atoms with Crippen LogP contribution in [0.15, 0.2) is 24.3 Å². The third-order valence-corrected chi connectivity index (χ3v) is 2.06. The first-order valence-corrected chi connectivity index (χ1v) is 3.30. The number of benzene rings is 1. The first-order chi connectivity index (χ1) is 3.97. The molecular weight excluding hydrogens is 118 g/mol.